The number of anilines is 1. The Kier molecular flexibility index (Phi) is 2.02. The lowest BCUT2D eigenvalue weighted by Gasteiger charge is -2.31. The van der Waals surface area contributed by atoms with E-state index in [1.54, 1.807) is 0 Å². The van der Waals surface area contributed by atoms with E-state index >= 15 is 0 Å². The smallest absolute Gasteiger partial charge is 0.127 e. The van der Waals surface area contributed by atoms with E-state index in [1.807, 2.05) is 6.20 Å². The number of nitrogens with zero attached hydrogens (tertiary/aromatic N) is 2. The maximum absolute atomic E-state index is 4.41. The van der Waals surface area contributed by atoms with Crippen molar-refractivity contribution in [3.63, 3.8) is 0 Å². The Morgan fingerprint density at radius 1 is 1.69 bits per heavy atom. The summed E-state index contributed by atoms with van der Waals surface area (Å²) in [5, 5.41) is 7.84. The van der Waals surface area contributed by atoms with E-state index < -0.39 is 0 Å². The highest BCUT2D eigenvalue weighted by atomic mass is 15.4. The molecule has 0 aromatic carbocycles. The summed E-state index contributed by atoms with van der Waals surface area (Å²) in [6, 6.07) is 0.574. The molecule has 3 heteroatoms. The first kappa shape index (κ1) is 8.60. The van der Waals surface area contributed by atoms with Gasteiger partial charge in [-0.3, -0.25) is 0 Å². The van der Waals surface area contributed by atoms with Gasteiger partial charge in [0.25, 0.3) is 0 Å². The summed E-state index contributed by atoms with van der Waals surface area (Å²) in [5.41, 5.74) is 1.25. The van der Waals surface area contributed by atoms with Crippen LogP contribution in [0.4, 0.5) is 5.82 Å². The molecule has 0 spiro atoms. The second-order valence-corrected chi connectivity index (χ2v) is 3.95. The number of rotatable bonds is 1. The van der Waals surface area contributed by atoms with Crippen LogP contribution >= 0.6 is 0 Å². The molecule has 1 N–H and O–H groups in total. The number of aryl methyl sites for hydroxylation is 1. The molecular weight excluding hydrogens is 162 g/mol. The van der Waals surface area contributed by atoms with Crippen molar-refractivity contribution in [1.82, 2.24) is 9.78 Å². The van der Waals surface area contributed by atoms with Crippen LogP contribution < -0.4 is 5.32 Å². The molecule has 2 heterocycles. The van der Waals surface area contributed by atoms with Crippen LogP contribution in [0.1, 0.15) is 31.9 Å². The van der Waals surface area contributed by atoms with Gasteiger partial charge in [0.15, 0.2) is 0 Å². The Labute approximate surface area is 79.1 Å². The molecule has 72 valence electrons. The van der Waals surface area contributed by atoms with Crippen LogP contribution in [0.5, 0.6) is 0 Å². The highest BCUT2D eigenvalue weighted by Crippen LogP contribution is 2.31. The minimum absolute atomic E-state index is 0.574. The Hall–Kier alpha value is -0.990. The fourth-order valence-electron chi connectivity index (χ4n) is 2.13. The van der Waals surface area contributed by atoms with Gasteiger partial charge in [-0.2, -0.15) is 5.10 Å². The van der Waals surface area contributed by atoms with Crippen molar-refractivity contribution in [2.45, 2.75) is 33.2 Å². The molecule has 0 fully saturated rings. The fraction of sp³-hybridized carbons (Fsp3) is 0.700. The van der Waals surface area contributed by atoms with Crippen LogP contribution in [0, 0.1) is 12.8 Å². The molecule has 1 aliphatic rings. The van der Waals surface area contributed by atoms with Gasteiger partial charge in [-0.05, 0) is 19.3 Å². The maximum atomic E-state index is 4.41. The van der Waals surface area contributed by atoms with Gasteiger partial charge in [-0.1, -0.05) is 13.8 Å². The quantitative estimate of drug-likeness (QED) is 0.716. The molecule has 13 heavy (non-hydrogen) atoms. The van der Waals surface area contributed by atoms with Crippen molar-refractivity contribution in [2.24, 2.45) is 5.92 Å². The zero-order chi connectivity index (χ0) is 9.42. The van der Waals surface area contributed by atoms with Crippen LogP contribution in [0.25, 0.3) is 0 Å². The van der Waals surface area contributed by atoms with E-state index in [1.165, 1.54) is 11.4 Å². The molecule has 0 bridgehead atoms. The van der Waals surface area contributed by atoms with Crippen LogP contribution in [0.15, 0.2) is 6.20 Å². The van der Waals surface area contributed by atoms with Crippen molar-refractivity contribution < 1.29 is 0 Å². The molecule has 0 radical (unpaired) electrons. The molecule has 0 amide bonds. The van der Waals surface area contributed by atoms with Crippen LogP contribution in [-0.4, -0.2) is 16.3 Å². The van der Waals surface area contributed by atoms with Gasteiger partial charge in [-0.15, -0.1) is 0 Å². The normalized spacial score (nSPS) is 26.7. The first-order valence-corrected chi connectivity index (χ1v) is 5.02. The number of fused-ring (bicyclic) bond motifs is 1. The third-order valence-corrected chi connectivity index (χ3v) is 2.96. The maximum Gasteiger partial charge on any atom is 0.127 e. The first-order valence-electron chi connectivity index (χ1n) is 5.02. The van der Waals surface area contributed by atoms with E-state index in [0.717, 1.165) is 13.0 Å². The number of hydrogen-bond acceptors (Lipinski definition) is 2. The average Bonchev–Trinajstić information content (AvgIpc) is 2.48. The zero-order valence-corrected chi connectivity index (χ0v) is 8.54. The predicted octanol–water partition coefficient (Wildman–Crippen LogP) is 2.20. The van der Waals surface area contributed by atoms with Gasteiger partial charge in [0, 0.05) is 12.1 Å². The summed E-state index contributed by atoms with van der Waals surface area (Å²) in [4.78, 5) is 0. The number of hydrogen-bond donors (Lipinski definition) is 1. The molecule has 2 atom stereocenters. The van der Waals surface area contributed by atoms with Gasteiger partial charge < -0.3 is 5.32 Å². The summed E-state index contributed by atoms with van der Waals surface area (Å²) < 4.78 is 2.14. The third kappa shape index (κ3) is 1.23. The van der Waals surface area contributed by atoms with Crippen LogP contribution in [0.3, 0.4) is 0 Å². The molecule has 1 aromatic heterocycles. The minimum Gasteiger partial charge on any atom is -0.370 e. The standard InChI is InChI=1S/C10H17N3/c1-4-9-7(2)5-11-10-8(3)6-12-13(9)10/h6-7,9,11H,4-5H2,1-3H3. The highest BCUT2D eigenvalue weighted by molar-refractivity contribution is 5.44. The van der Waals surface area contributed by atoms with Gasteiger partial charge in [0.05, 0.1) is 12.2 Å². The van der Waals surface area contributed by atoms with Gasteiger partial charge in [0.2, 0.25) is 0 Å². The fourth-order valence-corrected chi connectivity index (χ4v) is 2.13. The summed E-state index contributed by atoms with van der Waals surface area (Å²) in [5.74, 6) is 1.89. The van der Waals surface area contributed by atoms with Crippen molar-refractivity contribution in [3.05, 3.63) is 11.8 Å². The minimum atomic E-state index is 0.574. The van der Waals surface area contributed by atoms with E-state index in [0.29, 0.717) is 12.0 Å². The molecule has 0 aliphatic carbocycles. The first-order chi connectivity index (χ1) is 6.24. The highest BCUT2D eigenvalue weighted by Gasteiger charge is 2.25. The van der Waals surface area contributed by atoms with Crippen molar-refractivity contribution in [3.8, 4) is 0 Å². The summed E-state index contributed by atoms with van der Waals surface area (Å²) in [7, 11) is 0. The topological polar surface area (TPSA) is 29.9 Å². The summed E-state index contributed by atoms with van der Waals surface area (Å²) >= 11 is 0. The SMILES string of the molecule is CCC1C(C)CNc2c(C)cnn21. The number of aromatic nitrogens is 2. The number of nitrogens with one attached hydrogen (secondary N) is 1. The molecule has 1 aromatic rings. The molecule has 1 aliphatic heterocycles. The van der Waals surface area contributed by atoms with E-state index in [4.69, 9.17) is 0 Å². The van der Waals surface area contributed by atoms with Gasteiger partial charge >= 0.3 is 0 Å². The van der Waals surface area contributed by atoms with Crippen LogP contribution in [0.2, 0.25) is 0 Å². The second-order valence-electron chi connectivity index (χ2n) is 3.95. The van der Waals surface area contributed by atoms with Crippen LogP contribution in [-0.2, 0) is 0 Å². The molecule has 3 nitrogen and oxygen atoms in total. The third-order valence-electron chi connectivity index (χ3n) is 2.96. The van der Waals surface area contributed by atoms with E-state index in [9.17, 15) is 0 Å². The molecule has 0 saturated heterocycles. The Morgan fingerprint density at radius 3 is 3.15 bits per heavy atom. The van der Waals surface area contributed by atoms with Crippen molar-refractivity contribution in [1.29, 1.82) is 0 Å². The Bertz CT molecular complexity index is 303. The molecule has 0 saturated carbocycles. The summed E-state index contributed by atoms with van der Waals surface area (Å²) in [6.45, 7) is 7.69. The zero-order valence-electron chi connectivity index (χ0n) is 8.54. The lowest BCUT2D eigenvalue weighted by atomic mass is 9.98. The Morgan fingerprint density at radius 2 is 2.46 bits per heavy atom. The molecular formula is C10H17N3. The summed E-state index contributed by atoms with van der Waals surface area (Å²) in [6.07, 6.45) is 3.11. The van der Waals surface area contributed by atoms with E-state index in [-0.39, 0.29) is 0 Å². The van der Waals surface area contributed by atoms with Crippen molar-refractivity contribution >= 4 is 5.82 Å². The van der Waals surface area contributed by atoms with Gasteiger partial charge in [-0.25, -0.2) is 4.68 Å². The van der Waals surface area contributed by atoms with Crippen molar-refractivity contribution in [2.75, 3.05) is 11.9 Å². The second kappa shape index (κ2) is 3.05. The largest absolute Gasteiger partial charge is 0.370 e. The monoisotopic (exact) mass is 179 g/mol. The lowest BCUT2D eigenvalue weighted by molar-refractivity contribution is 0.313. The lowest BCUT2D eigenvalue weighted by Crippen LogP contribution is -2.31. The molecule has 2 rings (SSSR count). The molecule has 2 unspecified atom stereocenters. The average molecular weight is 179 g/mol. The van der Waals surface area contributed by atoms with E-state index in [2.05, 4.69) is 35.9 Å². The Balaban J connectivity index is 2.40. The predicted molar refractivity (Wildman–Crippen MR) is 53.9 cm³/mol. The van der Waals surface area contributed by atoms with Gasteiger partial charge in [0.1, 0.15) is 5.82 Å².